The van der Waals surface area contributed by atoms with Crippen molar-refractivity contribution < 1.29 is 23.1 Å². The molecule has 9 nitrogen and oxygen atoms in total. The molecule has 2 aromatic rings. The number of amidine groups is 1. The maximum atomic E-state index is 13.5. The molecule has 1 amide bonds. The summed E-state index contributed by atoms with van der Waals surface area (Å²) >= 11 is 0. The molecule has 0 radical (unpaired) electrons. The van der Waals surface area contributed by atoms with E-state index >= 15 is 0 Å². The van der Waals surface area contributed by atoms with Gasteiger partial charge in [0.25, 0.3) is 10.0 Å². The number of ketones is 1. The number of aliphatic imine (C=N–C) groups is 2. The minimum Gasteiger partial charge on any atom is -0.506 e. The van der Waals surface area contributed by atoms with Crippen LogP contribution in [0.5, 0.6) is 5.75 Å². The number of fused-ring (bicyclic) bond motifs is 1. The molecule has 37 heavy (non-hydrogen) atoms. The molecule has 0 aromatic heterocycles. The molecule has 1 aliphatic carbocycles. The lowest BCUT2D eigenvalue weighted by atomic mass is 9.97. The number of hydrogen-bond acceptors (Lipinski definition) is 7. The van der Waals surface area contributed by atoms with Crippen molar-refractivity contribution in [2.45, 2.75) is 69.4 Å². The molecular formula is C27H32N4O5S. The number of para-hydroxylation sites is 2. The van der Waals surface area contributed by atoms with Crippen molar-refractivity contribution in [3.63, 3.8) is 0 Å². The van der Waals surface area contributed by atoms with Crippen molar-refractivity contribution in [1.82, 2.24) is 10.0 Å². The Hall–Kier alpha value is -3.53. The number of nitrogens with one attached hydrogen (secondary N) is 2. The van der Waals surface area contributed by atoms with Crippen LogP contribution in [0.4, 0.5) is 5.69 Å². The SMILES string of the molecule is CC[C@H](NC(=O)[C@H](CC1CCCC1)N=C1NS(=O)(=O)c2ccccc21)C(=O)C(C)=Nc1ccccc1O. The van der Waals surface area contributed by atoms with Crippen LogP contribution in [0, 0.1) is 5.92 Å². The van der Waals surface area contributed by atoms with Gasteiger partial charge in [0, 0.05) is 5.56 Å². The minimum atomic E-state index is -3.74. The van der Waals surface area contributed by atoms with Gasteiger partial charge in [-0.05, 0) is 49.9 Å². The Morgan fingerprint density at radius 2 is 1.78 bits per heavy atom. The lowest BCUT2D eigenvalue weighted by Gasteiger charge is -2.21. The number of Topliss-reactive ketones (excluding diaryl/α,β-unsaturated/α-hetero) is 1. The van der Waals surface area contributed by atoms with Crippen molar-refractivity contribution in [1.29, 1.82) is 0 Å². The van der Waals surface area contributed by atoms with Gasteiger partial charge in [0.05, 0.1) is 16.6 Å². The largest absolute Gasteiger partial charge is 0.506 e. The molecule has 2 aromatic carbocycles. The first-order valence-electron chi connectivity index (χ1n) is 12.6. The predicted octanol–water partition coefficient (Wildman–Crippen LogP) is 3.64. The fourth-order valence-electron chi connectivity index (χ4n) is 4.83. The van der Waals surface area contributed by atoms with E-state index in [1.54, 1.807) is 50.2 Å². The summed E-state index contributed by atoms with van der Waals surface area (Å²) in [6, 6.07) is 11.3. The highest BCUT2D eigenvalue weighted by Crippen LogP contribution is 2.31. The molecule has 3 N–H and O–H groups in total. The highest BCUT2D eigenvalue weighted by atomic mass is 32.2. The third kappa shape index (κ3) is 6.07. The highest BCUT2D eigenvalue weighted by Gasteiger charge is 2.34. The van der Waals surface area contributed by atoms with E-state index in [9.17, 15) is 23.1 Å². The molecule has 10 heteroatoms. The Labute approximate surface area is 217 Å². The summed E-state index contributed by atoms with van der Waals surface area (Å²) in [5.74, 6) is -0.394. The zero-order valence-electron chi connectivity index (χ0n) is 21.0. The fraction of sp³-hybridized carbons (Fsp3) is 0.407. The van der Waals surface area contributed by atoms with Gasteiger partial charge in [0.1, 0.15) is 23.3 Å². The first kappa shape index (κ1) is 26.5. The molecule has 2 atom stereocenters. The summed E-state index contributed by atoms with van der Waals surface area (Å²) in [5, 5.41) is 12.8. The average molecular weight is 525 g/mol. The van der Waals surface area contributed by atoms with E-state index in [1.807, 2.05) is 0 Å². The lowest BCUT2D eigenvalue weighted by molar-refractivity contribution is -0.126. The van der Waals surface area contributed by atoms with E-state index in [4.69, 9.17) is 0 Å². The van der Waals surface area contributed by atoms with E-state index in [-0.39, 0.29) is 33.7 Å². The standard InChI is InChI=1S/C27H32N4O5S/c1-3-20(25(33)17(2)28-21-13-7-8-14-23(21)32)30-27(34)22(16-18-10-4-5-11-18)29-26-19-12-6-9-15-24(19)37(35,36)31-26/h6-9,12-15,18,20,22,32H,3-5,10-11,16H2,1-2H3,(H,29,31)(H,30,34)/t20-,22-/m0/s1. The molecule has 1 heterocycles. The van der Waals surface area contributed by atoms with Gasteiger partial charge < -0.3 is 10.4 Å². The molecule has 1 saturated carbocycles. The van der Waals surface area contributed by atoms with Gasteiger partial charge >= 0.3 is 0 Å². The molecule has 196 valence electrons. The van der Waals surface area contributed by atoms with Crippen LogP contribution < -0.4 is 10.0 Å². The quantitative estimate of drug-likeness (QED) is 0.430. The number of nitrogens with zero attached hydrogens (tertiary/aromatic N) is 2. The molecule has 4 rings (SSSR count). The minimum absolute atomic E-state index is 0.0431. The van der Waals surface area contributed by atoms with Crippen LogP contribution in [0.15, 0.2) is 63.4 Å². The number of amides is 1. The second-order valence-corrected chi connectivity index (χ2v) is 11.2. The summed E-state index contributed by atoms with van der Waals surface area (Å²) in [6.45, 7) is 3.33. The van der Waals surface area contributed by atoms with Gasteiger partial charge in [-0.3, -0.25) is 19.3 Å². The van der Waals surface area contributed by atoms with Crippen LogP contribution in [-0.2, 0) is 19.6 Å². The summed E-state index contributed by atoms with van der Waals surface area (Å²) in [7, 11) is -3.74. The van der Waals surface area contributed by atoms with Crippen molar-refractivity contribution in [2.75, 3.05) is 0 Å². The van der Waals surface area contributed by atoms with Gasteiger partial charge in [-0.1, -0.05) is 56.9 Å². The molecule has 1 fully saturated rings. The van der Waals surface area contributed by atoms with Crippen molar-refractivity contribution in [2.24, 2.45) is 15.9 Å². The van der Waals surface area contributed by atoms with E-state index in [0.717, 1.165) is 25.7 Å². The number of carbonyl (C=O) groups is 2. The molecule has 0 saturated heterocycles. The zero-order valence-corrected chi connectivity index (χ0v) is 21.8. The normalized spacial score (nSPS) is 19.7. The van der Waals surface area contributed by atoms with Crippen LogP contribution >= 0.6 is 0 Å². The number of aromatic hydroxyl groups is 1. The molecule has 2 aliphatic rings. The van der Waals surface area contributed by atoms with E-state index in [2.05, 4.69) is 20.0 Å². The number of phenols is 1. The maximum absolute atomic E-state index is 13.5. The maximum Gasteiger partial charge on any atom is 0.263 e. The van der Waals surface area contributed by atoms with Crippen LogP contribution in [0.2, 0.25) is 0 Å². The number of phenolic OH excluding ortho intramolecular Hbond substituents is 1. The van der Waals surface area contributed by atoms with Crippen molar-refractivity contribution in [3.8, 4) is 5.75 Å². The highest BCUT2D eigenvalue weighted by molar-refractivity contribution is 7.90. The molecular weight excluding hydrogens is 492 g/mol. The summed E-state index contributed by atoms with van der Waals surface area (Å²) in [4.78, 5) is 35.6. The molecule has 0 bridgehead atoms. The van der Waals surface area contributed by atoms with Gasteiger partial charge in [0.2, 0.25) is 5.91 Å². The third-order valence-corrected chi connectivity index (χ3v) is 8.25. The van der Waals surface area contributed by atoms with Gasteiger partial charge in [-0.25, -0.2) is 13.4 Å². The Morgan fingerprint density at radius 1 is 1.11 bits per heavy atom. The second-order valence-electron chi connectivity index (χ2n) is 9.50. The monoisotopic (exact) mass is 524 g/mol. The smallest absolute Gasteiger partial charge is 0.263 e. The van der Waals surface area contributed by atoms with Crippen molar-refractivity contribution in [3.05, 3.63) is 54.1 Å². The first-order valence-corrected chi connectivity index (χ1v) is 14.1. The van der Waals surface area contributed by atoms with E-state index in [0.29, 0.717) is 24.3 Å². The molecule has 0 spiro atoms. The summed E-state index contributed by atoms with van der Waals surface area (Å²) in [5.41, 5.74) is 0.859. The average Bonchev–Trinajstić information content (AvgIpc) is 3.48. The zero-order chi connectivity index (χ0) is 26.6. The Morgan fingerprint density at radius 3 is 2.49 bits per heavy atom. The first-order chi connectivity index (χ1) is 17.7. The van der Waals surface area contributed by atoms with Gasteiger partial charge in [0.15, 0.2) is 5.78 Å². The fourth-order valence-corrected chi connectivity index (χ4v) is 6.07. The Kier molecular flexibility index (Phi) is 8.06. The molecule has 0 unspecified atom stereocenters. The van der Waals surface area contributed by atoms with Gasteiger partial charge in [-0.15, -0.1) is 0 Å². The van der Waals surface area contributed by atoms with Crippen LogP contribution in [0.25, 0.3) is 0 Å². The third-order valence-electron chi connectivity index (χ3n) is 6.85. The number of carbonyl (C=O) groups excluding carboxylic acids is 2. The number of sulfonamides is 1. The van der Waals surface area contributed by atoms with Gasteiger partial charge in [-0.2, -0.15) is 0 Å². The lowest BCUT2D eigenvalue weighted by Crippen LogP contribution is -2.47. The van der Waals surface area contributed by atoms with E-state index in [1.165, 1.54) is 12.1 Å². The Bertz CT molecular complexity index is 1350. The second kappa shape index (κ2) is 11.2. The van der Waals surface area contributed by atoms with Crippen LogP contribution in [0.3, 0.4) is 0 Å². The summed E-state index contributed by atoms with van der Waals surface area (Å²) < 4.78 is 27.6. The van der Waals surface area contributed by atoms with Crippen LogP contribution in [0.1, 0.15) is 57.9 Å². The number of benzene rings is 2. The number of hydrogen-bond donors (Lipinski definition) is 3. The summed E-state index contributed by atoms with van der Waals surface area (Å²) in [6.07, 6.45) is 4.94. The van der Waals surface area contributed by atoms with Crippen molar-refractivity contribution >= 4 is 38.9 Å². The van der Waals surface area contributed by atoms with Crippen LogP contribution in [-0.4, -0.2) is 48.8 Å². The van der Waals surface area contributed by atoms with E-state index < -0.39 is 28.0 Å². The predicted molar refractivity (Wildman–Crippen MR) is 142 cm³/mol. The topological polar surface area (TPSA) is 137 Å². The Balaban J connectivity index is 1.58. The molecule has 1 aliphatic heterocycles. The number of rotatable bonds is 9.